The minimum Gasteiger partial charge on any atom is -0.370 e. The Bertz CT molecular complexity index is 701. The quantitative estimate of drug-likeness (QED) is 0.767. The smallest absolute Gasteiger partial charge is 0.261 e. The highest BCUT2D eigenvalue weighted by Crippen LogP contribution is 2.17. The van der Waals surface area contributed by atoms with Gasteiger partial charge in [-0.05, 0) is 42.8 Å². The zero-order chi connectivity index (χ0) is 16.0. The number of unbranched alkanes of at least 4 members (excludes halogenated alkanes) is 1. The topological polar surface area (TPSA) is 71.1 Å². The molecule has 0 aliphatic rings. The number of benzene rings is 1. The summed E-state index contributed by atoms with van der Waals surface area (Å²) in [5.41, 5.74) is 0.352. The lowest BCUT2D eigenvalue weighted by atomic mass is 10.3. The van der Waals surface area contributed by atoms with E-state index in [2.05, 4.69) is 21.9 Å². The van der Waals surface area contributed by atoms with Gasteiger partial charge in [0.15, 0.2) is 0 Å². The zero-order valence-corrected chi connectivity index (χ0v) is 13.0. The first-order valence-electron chi connectivity index (χ1n) is 6.99. The van der Waals surface area contributed by atoms with Crippen molar-refractivity contribution in [2.45, 2.75) is 24.7 Å². The zero-order valence-electron chi connectivity index (χ0n) is 12.2. The maximum Gasteiger partial charge on any atom is 0.261 e. The van der Waals surface area contributed by atoms with E-state index >= 15 is 0 Å². The normalized spacial score (nSPS) is 11.2. The van der Waals surface area contributed by atoms with E-state index in [1.165, 1.54) is 18.3 Å². The van der Waals surface area contributed by atoms with Crippen LogP contribution in [0.5, 0.6) is 0 Å². The number of nitrogens with zero attached hydrogens (tertiary/aromatic N) is 1. The maximum absolute atomic E-state index is 12.8. The van der Waals surface area contributed by atoms with Crippen molar-refractivity contribution in [3.8, 4) is 0 Å². The summed E-state index contributed by atoms with van der Waals surface area (Å²) in [7, 11) is -3.74. The van der Waals surface area contributed by atoms with Crippen molar-refractivity contribution in [2.75, 3.05) is 16.6 Å². The molecule has 0 radical (unpaired) electrons. The van der Waals surface area contributed by atoms with Gasteiger partial charge in [0.2, 0.25) is 0 Å². The van der Waals surface area contributed by atoms with E-state index < -0.39 is 15.8 Å². The first-order valence-corrected chi connectivity index (χ1v) is 8.48. The van der Waals surface area contributed by atoms with Gasteiger partial charge in [0.1, 0.15) is 11.6 Å². The number of pyridine rings is 1. The Morgan fingerprint density at radius 1 is 1.14 bits per heavy atom. The summed E-state index contributed by atoms with van der Waals surface area (Å²) in [6.07, 6.45) is 3.57. The van der Waals surface area contributed by atoms with Crippen LogP contribution in [0.4, 0.5) is 15.9 Å². The average Bonchev–Trinajstić information content (AvgIpc) is 2.49. The Labute approximate surface area is 129 Å². The summed E-state index contributed by atoms with van der Waals surface area (Å²) >= 11 is 0. The van der Waals surface area contributed by atoms with Gasteiger partial charge in [-0.1, -0.05) is 13.3 Å². The van der Waals surface area contributed by atoms with Crippen molar-refractivity contribution in [1.29, 1.82) is 0 Å². The Kier molecular flexibility index (Phi) is 5.32. The second-order valence-corrected chi connectivity index (χ2v) is 6.45. The van der Waals surface area contributed by atoms with E-state index in [4.69, 9.17) is 0 Å². The molecule has 1 aromatic carbocycles. The van der Waals surface area contributed by atoms with Crippen molar-refractivity contribution in [3.05, 3.63) is 48.4 Å². The molecule has 1 heterocycles. The lowest BCUT2D eigenvalue weighted by Crippen LogP contribution is -2.13. The maximum atomic E-state index is 12.8. The summed E-state index contributed by atoms with van der Waals surface area (Å²) < 4.78 is 39.5. The van der Waals surface area contributed by atoms with Gasteiger partial charge in [0.25, 0.3) is 10.0 Å². The molecule has 0 amide bonds. The highest BCUT2D eigenvalue weighted by Gasteiger charge is 2.14. The third kappa shape index (κ3) is 4.42. The lowest BCUT2D eigenvalue weighted by Gasteiger charge is -2.09. The summed E-state index contributed by atoms with van der Waals surface area (Å²) in [4.78, 5) is 4.14. The van der Waals surface area contributed by atoms with Gasteiger partial charge < -0.3 is 5.32 Å². The molecule has 2 aromatic rings. The molecule has 2 rings (SSSR count). The van der Waals surface area contributed by atoms with Crippen molar-refractivity contribution < 1.29 is 12.8 Å². The van der Waals surface area contributed by atoms with Crippen LogP contribution in [0.3, 0.4) is 0 Å². The van der Waals surface area contributed by atoms with Crippen LogP contribution in [0, 0.1) is 5.82 Å². The van der Waals surface area contributed by atoms with Crippen LogP contribution in [-0.4, -0.2) is 19.9 Å². The molecule has 1 aromatic heterocycles. The fourth-order valence-electron chi connectivity index (χ4n) is 1.78. The van der Waals surface area contributed by atoms with Crippen LogP contribution in [0.15, 0.2) is 47.5 Å². The van der Waals surface area contributed by atoms with Gasteiger partial charge in [-0.15, -0.1) is 0 Å². The number of hydrogen-bond donors (Lipinski definition) is 2. The molecule has 118 valence electrons. The van der Waals surface area contributed by atoms with Crippen LogP contribution in [-0.2, 0) is 10.0 Å². The van der Waals surface area contributed by atoms with E-state index in [9.17, 15) is 12.8 Å². The summed E-state index contributed by atoms with van der Waals surface area (Å²) in [6.45, 7) is 2.92. The van der Waals surface area contributed by atoms with Gasteiger partial charge in [0.05, 0.1) is 16.8 Å². The Hall–Kier alpha value is -2.15. The van der Waals surface area contributed by atoms with Crippen molar-refractivity contribution in [2.24, 2.45) is 0 Å². The molecule has 0 unspecified atom stereocenters. The number of sulfonamides is 1. The summed E-state index contributed by atoms with van der Waals surface area (Å²) in [6, 6.07) is 7.97. The Balaban J connectivity index is 2.05. The van der Waals surface area contributed by atoms with Crippen molar-refractivity contribution in [3.63, 3.8) is 0 Å². The molecule has 2 N–H and O–H groups in total. The third-order valence-corrected chi connectivity index (χ3v) is 4.37. The second-order valence-electron chi connectivity index (χ2n) is 4.77. The lowest BCUT2D eigenvalue weighted by molar-refractivity contribution is 0.599. The Morgan fingerprint density at radius 2 is 1.86 bits per heavy atom. The molecule has 22 heavy (non-hydrogen) atoms. The molecular weight excluding hydrogens is 305 g/mol. The summed E-state index contributed by atoms with van der Waals surface area (Å²) in [5, 5.41) is 3.14. The van der Waals surface area contributed by atoms with E-state index in [0.717, 1.165) is 31.5 Å². The van der Waals surface area contributed by atoms with Crippen LogP contribution in [0.25, 0.3) is 0 Å². The van der Waals surface area contributed by atoms with E-state index in [-0.39, 0.29) is 4.90 Å². The van der Waals surface area contributed by atoms with Gasteiger partial charge in [-0.25, -0.2) is 17.8 Å². The number of anilines is 2. The van der Waals surface area contributed by atoms with Gasteiger partial charge >= 0.3 is 0 Å². The van der Waals surface area contributed by atoms with Gasteiger partial charge in [-0.2, -0.15) is 0 Å². The standard InChI is InChI=1S/C15H18FN3O2S/c1-2-3-10-17-15-9-6-13(11-18-15)19-22(20,21)14-7-4-12(16)5-8-14/h4-9,11,19H,2-3,10H2,1H3,(H,17,18). The summed E-state index contributed by atoms with van der Waals surface area (Å²) in [5.74, 6) is 0.210. The number of halogens is 1. The highest BCUT2D eigenvalue weighted by molar-refractivity contribution is 7.92. The predicted octanol–water partition coefficient (Wildman–Crippen LogP) is 3.23. The number of hydrogen-bond acceptors (Lipinski definition) is 4. The molecule has 7 heteroatoms. The highest BCUT2D eigenvalue weighted by atomic mass is 32.2. The first kappa shape index (κ1) is 16.2. The molecule has 0 fully saturated rings. The average molecular weight is 323 g/mol. The van der Waals surface area contributed by atoms with E-state index in [0.29, 0.717) is 11.5 Å². The number of nitrogens with one attached hydrogen (secondary N) is 2. The molecule has 0 saturated carbocycles. The van der Waals surface area contributed by atoms with Crippen molar-refractivity contribution >= 4 is 21.5 Å². The van der Waals surface area contributed by atoms with Crippen LogP contribution >= 0.6 is 0 Å². The monoisotopic (exact) mass is 323 g/mol. The molecule has 5 nitrogen and oxygen atoms in total. The minimum absolute atomic E-state index is 0.000882. The second kappa shape index (κ2) is 7.22. The molecule has 0 aliphatic heterocycles. The SMILES string of the molecule is CCCCNc1ccc(NS(=O)(=O)c2ccc(F)cc2)cn1. The van der Waals surface area contributed by atoms with Gasteiger partial charge in [0, 0.05) is 6.54 Å². The van der Waals surface area contributed by atoms with Gasteiger partial charge in [-0.3, -0.25) is 4.72 Å². The van der Waals surface area contributed by atoms with E-state index in [1.54, 1.807) is 12.1 Å². The van der Waals surface area contributed by atoms with E-state index in [1.807, 2.05) is 0 Å². The predicted molar refractivity (Wildman–Crippen MR) is 84.8 cm³/mol. The Morgan fingerprint density at radius 3 is 2.45 bits per heavy atom. The van der Waals surface area contributed by atoms with Crippen LogP contribution in [0.2, 0.25) is 0 Å². The minimum atomic E-state index is -3.74. The van der Waals surface area contributed by atoms with Crippen molar-refractivity contribution in [1.82, 2.24) is 4.98 Å². The fourth-order valence-corrected chi connectivity index (χ4v) is 2.82. The molecular formula is C15H18FN3O2S. The molecule has 0 spiro atoms. The molecule has 0 bridgehead atoms. The number of aromatic nitrogens is 1. The molecule has 0 atom stereocenters. The molecule has 0 aliphatic carbocycles. The number of rotatable bonds is 7. The largest absolute Gasteiger partial charge is 0.370 e. The molecule has 0 saturated heterocycles. The first-order chi connectivity index (χ1) is 10.5. The third-order valence-electron chi connectivity index (χ3n) is 2.98. The van der Waals surface area contributed by atoms with Crippen LogP contribution < -0.4 is 10.0 Å². The fraction of sp³-hybridized carbons (Fsp3) is 0.267. The van der Waals surface area contributed by atoms with Crippen LogP contribution in [0.1, 0.15) is 19.8 Å².